The van der Waals surface area contributed by atoms with Crippen LogP contribution in [0, 0.1) is 0 Å². The molecule has 4 atom stereocenters. The summed E-state index contributed by atoms with van der Waals surface area (Å²) in [5, 5.41) is -0.126. The number of carbonyl (C=O) groups excluding carboxylic acids is 1. The zero-order valence-electron chi connectivity index (χ0n) is 18.8. The molecule has 0 aromatic heterocycles. The van der Waals surface area contributed by atoms with Gasteiger partial charge in [-0.25, -0.2) is 9.79 Å². The standard InChI is InChI=1S/C22H24BrNO9S2/c1-34(26,27)32-18(13-23)20(31-22(25)16-11-7-4-8-12-16)19(33-35(2,28)29)17-14-30-21(24-17)15-9-5-3-6-10-15/h3-12,17-20H,13-14H2,1-2H3/t17-,18+,19+,20+/m0/s1. The molecular formula is C22H24BrNO9S2. The van der Waals surface area contributed by atoms with Crippen LogP contribution in [0.3, 0.4) is 0 Å². The maximum atomic E-state index is 12.9. The number of hydrogen-bond acceptors (Lipinski definition) is 10. The van der Waals surface area contributed by atoms with E-state index in [9.17, 15) is 21.6 Å². The maximum Gasteiger partial charge on any atom is 0.338 e. The minimum Gasteiger partial charge on any atom is -0.475 e. The molecule has 0 N–H and O–H groups in total. The van der Waals surface area contributed by atoms with E-state index in [1.807, 2.05) is 6.07 Å². The molecule has 190 valence electrons. The Balaban J connectivity index is 2.03. The molecule has 3 rings (SSSR count). The number of rotatable bonds is 11. The Hall–Kier alpha value is -2.32. The molecule has 13 heteroatoms. The molecular weight excluding hydrogens is 566 g/mol. The molecule has 0 radical (unpaired) electrons. The first-order valence-corrected chi connectivity index (χ1v) is 15.1. The lowest BCUT2D eigenvalue weighted by atomic mass is 10.0. The highest BCUT2D eigenvalue weighted by atomic mass is 79.9. The summed E-state index contributed by atoms with van der Waals surface area (Å²) in [4.78, 5) is 17.3. The second-order valence-corrected chi connectivity index (χ2v) is 11.5. The Morgan fingerprint density at radius 3 is 2.11 bits per heavy atom. The number of benzene rings is 2. The van der Waals surface area contributed by atoms with Gasteiger partial charge in [-0.2, -0.15) is 16.8 Å². The van der Waals surface area contributed by atoms with Gasteiger partial charge in [-0.1, -0.05) is 52.3 Å². The Labute approximate surface area is 212 Å². The maximum absolute atomic E-state index is 12.9. The topological polar surface area (TPSA) is 135 Å². The third kappa shape index (κ3) is 8.10. The molecule has 0 spiro atoms. The fraction of sp³-hybridized carbons (Fsp3) is 0.364. The Morgan fingerprint density at radius 2 is 1.57 bits per heavy atom. The normalized spacial score (nSPS) is 18.7. The molecule has 0 fully saturated rings. The summed E-state index contributed by atoms with van der Waals surface area (Å²) in [5.41, 5.74) is 0.815. The molecule has 35 heavy (non-hydrogen) atoms. The van der Waals surface area contributed by atoms with Crippen molar-refractivity contribution < 1.29 is 39.5 Å². The molecule has 0 bridgehead atoms. The minimum absolute atomic E-state index is 0.0995. The van der Waals surface area contributed by atoms with Crippen LogP contribution in [0.4, 0.5) is 0 Å². The smallest absolute Gasteiger partial charge is 0.338 e. The lowest BCUT2D eigenvalue weighted by Gasteiger charge is -2.32. The van der Waals surface area contributed by atoms with Crippen molar-refractivity contribution >= 4 is 48.0 Å². The highest BCUT2D eigenvalue weighted by Crippen LogP contribution is 2.26. The van der Waals surface area contributed by atoms with Gasteiger partial charge in [0.05, 0.1) is 18.1 Å². The van der Waals surface area contributed by atoms with Crippen molar-refractivity contribution in [3.8, 4) is 0 Å². The molecule has 0 saturated heterocycles. The number of carbonyl (C=O) groups is 1. The zero-order valence-corrected chi connectivity index (χ0v) is 22.0. The van der Waals surface area contributed by atoms with Crippen molar-refractivity contribution in [1.29, 1.82) is 0 Å². The van der Waals surface area contributed by atoms with Gasteiger partial charge in [0.2, 0.25) is 5.90 Å². The van der Waals surface area contributed by atoms with E-state index in [0.29, 0.717) is 5.56 Å². The molecule has 0 saturated carbocycles. The predicted molar refractivity (Wildman–Crippen MR) is 132 cm³/mol. The van der Waals surface area contributed by atoms with Crippen LogP contribution >= 0.6 is 15.9 Å². The van der Waals surface area contributed by atoms with Crippen LogP contribution in [0.2, 0.25) is 0 Å². The van der Waals surface area contributed by atoms with Crippen molar-refractivity contribution in [3.63, 3.8) is 0 Å². The zero-order chi connectivity index (χ0) is 25.6. The van der Waals surface area contributed by atoms with Crippen LogP contribution in [0.1, 0.15) is 15.9 Å². The summed E-state index contributed by atoms with van der Waals surface area (Å²) >= 11 is 3.17. The fourth-order valence-electron chi connectivity index (χ4n) is 3.35. The van der Waals surface area contributed by atoms with Gasteiger partial charge in [-0.3, -0.25) is 8.37 Å². The number of hydrogen-bond donors (Lipinski definition) is 0. The predicted octanol–water partition coefficient (Wildman–Crippen LogP) is 2.14. The van der Waals surface area contributed by atoms with Crippen LogP contribution in [-0.4, -0.2) is 77.5 Å². The third-order valence-electron chi connectivity index (χ3n) is 4.75. The van der Waals surface area contributed by atoms with E-state index in [0.717, 1.165) is 12.5 Å². The van der Waals surface area contributed by atoms with Crippen molar-refractivity contribution in [2.45, 2.75) is 24.4 Å². The molecule has 2 aromatic carbocycles. The number of aliphatic imine (C=N–C) groups is 1. The van der Waals surface area contributed by atoms with Crippen molar-refractivity contribution in [2.24, 2.45) is 4.99 Å². The number of ether oxygens (including phenoxy) is 2. The van der Waals surface area contributed by atoms with E-state index in [4.69, 9.17) is 17.8 Å². The first-order valence-electron chi connectivity index (χ1n) is 10.3. The van der Waals surface area contributed by atoms with Crippen LogP contribution < -0.4 is 0 Å². The summed E-state index contributed by atoms with van der Waals surface area (Å²) in [6, 6.07) is 15.9. The summed E-state index contributed by atoms with van der Waals surface area (Å²) in [6.07, 6.45) is -2.63. The van der Waals surface area contributed by atoms with Crippen molar-refractivity contribution in [2.75, 3.05) is 24.4 Å². The number of esters is 1. The first-order chi connectivity index (χ1) is 16.5. The fourth-order valence-corrected chi connectivity index (χ4v) is 5.29. The summed E-state index contributed by atoms with van der Waals surface area (Å²) < 4.78 is 70.0. The minimum atomic E-state index is -4.11. The molecule has 2 aromatic rings. The van der Waals surface area contributed by atoms with E-state index >= 15 is 0 Å². The highest BCUT2D eigenvalue weighted by molar-refractivity contribution is 9.09. The van der Waals surface area contributed by atoms with Crippen molar-refractivity contribution in [1.82, 2.24) is 0 Å². The van der Waals surface area contributed by atoms with Gasteiger partial charge >= 0.3 is 5.97 Å². The van der Waals surface area contributed by atoms with Gasteiger partial charge in [0.15, 0.2) is 6.10 Å². The second kappa shape index (κ2) is 11.6. The van der Waals surface area contributed by atoms with Gasteiger partial charge in [0.1, 0.15) is 24.9 Å². The van der Waals surface area contributed by atoms with E-state index in [-0.39, 0.29) is 23.4 Å². The number of halogens is 1. The quantitative estimate of drug-likeness (QED) is 0.219. The lowest BCUT2D eigenvalue weighted by molar-refractivity contribution is -0.0557. The third-order valence-corrected chi connectivity index (χ3v) is 6.56. The number of alkyl halides is 1. The monoisotopic (exact) mass is 589 g/mol. The van der Waals surface area contributed by atoms with Crippen LogP contribution in [0.25, 0.3) is 0 Å². The van der Waals surface area contributed by atoms with E-state index in [1.165, 1.54) is 12.1 Å². The molecule has 10 nitrogen and oxygen atoms in total. The van der Waals surface area contributed by atoms with Gasteiger partial charge in [-0.05, 0) is 24.3 Å². The van der Waals surface area contributed by atoms with Gasteiger partial charge in [-0.15, -0.1) is 0 Å². The number of nitrogens with zero attached hydrogens (tertiary/aromatic N) is 1. The Morgan fingerprint density at radius 1 is 1.00 bits per heavy atom. The molecule has 0 amide bonds. The average Bonchev–Trinajstić information content (AvgIpc) is 3.30. The summed E-state index contributed by atoms with van der Waals surface area (Å²) in [6.45, 7) is -0.0995. The van der Waals surface area contributed by atoms with E-state index < -0.39 is 50.6 Å². The molecule has 0 aliphatic carbocycles. The largest absolute Gasteiger partial charge is 0.475 e. The second-order valence-electron chi connectivity index (χ2n) is 7.67. The SMILES string of the molecule is CS(=O)(=O)O[C@@H]([C@H](OC(=O)c1ccccc1)[C@@H](CBr)OS(C)(=O)=O)[C@@H]1COC(c2ccccc2)=N1. The van der Waals surface area contributed by atoms with E-state index in [2.05, 4.69) is 20.9 Å². The molecule has 1 aliphatic rings. The van der Waals surface area contributed by atoms with Crippen LogP contribution in [-0.2, 0) is 38.1 Å². The van der Waals surface area contributed by atoms with Crippen LogP contribution in [0.5, 0.6) is 0 Å². The highest BCUT2D eigenvalue weighted by Gasteiger charge is 2.44. The van der Waals surface area contributed by atoms with Gasteiger partial charge in [0, 0.05) is 10.9 Å². The van der Waals surface area contributed by atoms with E-state index in [1.54, 1.807) is 42.5 Å². The molecule has 1 aliphatic heterocycles. The lowest BCUT2D eigenvalue weighted by Crippen LogP contribution is -2.51. The average molecular weight is 590 g/mol. The first kappa shape index (κ1) is 27.3. The Kier molecular flexibility index (Phi) is 9.05. The molecule has 0 unspecified atom stereocenters. The summed E-state index contributed by atoms with van der Waals surface area (Å²) in [7, 11) is -8.14. The molecule has 1 heterocycles. The summed E-state index contributed by atoms with van der Waals surface area (Å²) in [5.74, 6) is -0.586. The Bertz CT molecular complexity index is 1250. The van der Waals surface area contributed by atoms with Gasteiger partial charge < -0.3 is 9.47 Å². The van der Waals surface area contributed by atoms with Crippen LogP contribution in [0.15, 0.2) is 65.7 Å². The van der Waals surface area contributed by atoms with Gasteiger partial charge in [0.25, 0.3) is 20.2 Å². The van der Waals surface area contributed by atoms with Crippen molar-refractivity contribution in [3.05, 3.63) is 71.8 Å².